The Balaban J connectivity index is 2.40. The number of nitro groups is 1. The van der Waals surface area contributed by atoms with Crippen molar-refractivity contribution >= 4 is 17.8 Å². The Morgan fingerprint density at radius 2 is 1.72 bits per heavy atom. The van der Waals surface area contributed by atoms with Gasteiger partial charge in [0.05, 0.1) is 10.5 Å². The van der Waals surface area contributed by atoms with Gasteiger partial charge in [-0.15, -0.1) is 0 Å². The van der Waals surface area contributed by atoms with Gasteiger partial charge >= 0.3 is 0 Å². The van der Waals surface area contributed by atoms with E-state index in [2.05, 4.69) is 0 Å². The Morgan fingerprint density at radius 3 is 2.39 bits per heavy atom. The predicted octanol–water partition coefficient (Wildman–Crippen LogP) is 4.07. The lowest BCUT2D eigenvalue weighted by Crippen LogP contribution is -1.93. The van der Waals surface area contributed by atoms with Gasteiger partial charge in [0.2, 0.25) is 0 Å². The first-order valence-corrected chi connectivity index (χ1v) is 5.65. The van der Waals surface area contributed by atoms with Crippen LogP contribution in [0, 0.1) is 17.0 Å². The summed E-state index contributed by atoms with van der Waals surface area (Å²) in [4.78, 5) is 10.6. The minimum absolute atomic E-state index is 0.141. The molecule has 0 aliphatic heterocycles. The molecule has 0 amide bonds. The van der Waals surface area contributed by atoms with Gasteiger partial charge in [0.25, 0.3) is 5.69 Å². The number of aryl methyl sites for hydroxylation is 1. The molecule has 0 saturated heterocycles. The second-order valence-corrected chi connectivity index (χ2v) is 4.01. The van der Waals surface area contributed by atoms with E-state index in [1.807, 2.05) is 49.4 Å². The first kappa shape index (κ1) is 12.0. The summed E-state index contributed by atoms with van der Waals surface area (Å²) in [6.45, 7) is 1.87. The lowest BCUT2D eigenvalue weighted by Gasteiger charge is -2.01. The average Bonchev–Trinajstić information content (AvgIpc) is 2.38. The maximum absolute atomic E-state index is 11.0. The van der Waals surface area contributed by atoms with Crippen LogP contribution < -0.4 is 0 Å². The van der Waals surface area contributed by atoms with Gasteiger partial charge in [-0.05, 0) is 24.1 Å². The number of benzene rings is 2. The molecule has 0 atom stereocenters. The van der Waals surface area contributed by atoms with E-state index in [4.69, 9.17) is 0 Å². The molecular formula is C15H13NO2. The van der Waals surface area contributed by atoms with Crippen LogP contribution in [0.5, 0.6) is 0 Å². The monoisotopic (exact) mass is 239 g/mol. The van der Waals surface area contributed by atoms with Crippen LogP contribution in [0.15, 0.2) is 48.5 Å². The van der Waals surface area contributed by atoms with Crippen LogP contribution in [0.25, 0.3) is 12.2 Å². The van der Waals surface area contributed by atoms with Crippen LogP contribution in [0.3, 0.4) is 0 Å². The van der Waals surface area contributed by atoms with E-state index in [0.717, 1.165) is 11.1 Å². The molecule has 2 aromatic carbocycles. The minimum atomic E-state index is -0.350. The molecule has 0 spiro atoms. The molecule has 0 aliphatic carbocycles. The molecular weight excluding hydrogens is 226 g/mol. The summed E-state index contributed by atoms with van der Waals surface area (Å²) < 4.78 is 0. The van der Waals surface area contributed by atoms with Crippen molar-refractivity contribution in [2.24, 2.45) is 0 Å². The second kappa shape index (κ2) is 5.27. The van der Waals surface area contributed by atoms with Gasteiger partial charge < -0.3 is 0 Å². The number of nitrogens with zero attached hydrogens (tertiary/aromatic N) is 1. The largest absolute Gasteiger partial charge is 0.276 e. The first-order chi connectivity index (χ1) is 8.68. The van der Waals surface area contributed by atoms with Gasteiger partial charge in [-0.3, -0.25) is 10.1 Å². The molecule has 18 heavy (non-hydrogen) atoms. The Labute approximate surface area is 106 Å². The summed E-state index contributed by atoms with van der Waals surface area (Å²) in [6.07, 6.45) is 3.68. The highest BCUT2D eigenvalue weighted by Gasteiger charge is 2.12. The van der Waals surface area contributed by atoms with Gasteiger partial charge in [0.1, 0.15) is 0 Å². The molecule has 0 radical (unpaired) electrons. The maximum atomic E-state index is 11.0. The normalized spacial score (nSPS) is 10.7. The zero-order chi connectivity index (χ0) is 13.0. The highest BCUT2D eigenvalue weighted by Crippen LogP contribution is 2.24. The van der Waals surface area contributed by atoms with Crippen molar-refractivity contribution in [2.45, 2.75) is 6.92 Å². The Hall–Kier alpha value is -2.42. The SMILES string of the molecule is Cc1cccc([N+](=O)[O-])c1C=Cc1ccccc1. The molecule has 3 nitrogen and oxygen atoms in total. The number of rotatable bonds is 3. The van der Waals surface area contributed by atoms with Crippen molar-refractivity contribution in [1.82, 2.24) is 0 Å². The third kappa shape index (κ3) is 2.63. The van der Waals surface area contributed by atoms with E-state index in [1.54, 1.807) is 12.1 Å². The van der Waals surface area contributed by atoms with Crippen molar-refractivity contribution in [3.05, 3.63) is 75.3 Å². The number of nitro benzene ring substituents is 1. The molecule has 90 valence electrons. The van der Waals surface area contributed by atoms with Gasteiger partial charge in [-0.25, -0.2) is 0 Å². The highest BCUT2D eigenvalue weighted by molar-refractivity contribution is 5.75. The fourth-order valence-electron chi connectivity index (χ4n) is 1.78. The van der Waals surface area contributed by atoms with Crippen molar-refractivity contribution in [2.75, 3.05) is 0 Å². The van der Waals surface area contributed by atoms with Crippen LogP contribution in [-0.2, 0) is 0 Å². The van der Waals surface area contributed by atoms with Gasteiger partial charge in [0.15, 0.2) is 0 Å². The summed E-state index contributed by atoms with van der Waals surface area (Å²) in [5.74, 6) is 0. The van der Waals surface area contributed by atoms with Gasteiger partial charge in [-0.1, -0.05) is 48.5 Å². The average molecular weight is 239 g/mol. The molecule has 2 rings (SSSR count). The molecule has 0 unspecified atom stereocenters. The van der Waals surface area contributed by atoms with Crippen LogP contribution in [0.4, 0.5) is 5.69 Å². The summed E-state index contributed by atoms with van der Waals surface area (Å²) in [7, 11) is 0. The standard InChI is InChI=1S/C15H13NO2/c1-12-6-5-9-15(16(17)18)14(12)11-10-13-7-3-2-4-8-13/h2-11H,1H3. The minimum Gasteiger partial charge on any atom is -0.258 e. The van der Waals surface area contributed by atoms with E-state index in [0.29, 0.717) is 5.56 Å². The Bertz CT molecular complexity index is 589. The zero-order valence-electron chi connectivity index (χ0n) is 10.0. The quantitative estimate of drug-likeness (QED) is 0.460. The van der Waals surface area contributed by atoms with Crippen LogP contribution in [0.2, 0.25) is 0 Å². The fraction of sp³-hybridized carbons (Fsp3) is 0.0667. The van der Waals surface area contributed by atoms with E-state index < -0.39 is 0 Å². The molecule has 0 heterocycles. The first-order valence-electron chi connectivity index (χ1n) is 5.65. The van der Waals surface area contributed by atoms with E-state index in [9.17, 15) is 10.1 Å². The summed E-state index contributed by atoms with van der Waals surface area (Å²) in [5, 5.41) is 11.0. The topological polar surface area (TPSA) is 43.1 Å². The zero-order valence-corrected chi connectivity index (χ0v) is 10.0. The van der Waals surface area contributed by atoms with Crippen molar-refractivity contribution < 1.29 is 4.92 Å². The van der Waals surface area contributed by atoms with Gasteiger partial charge in [-0.2, -0.15) is 0 Å². The summed E-state index contributed by atoms with van der Waals surface area (Å²) >= 11 is 0. The molecule has 0 N–H and O–H groups in total. The molecule has 0 aromatic heterocycles. The van der Waals surface area contributed by atoms with Gasteiger partial charge in [0, 0.05) is 6.07 Å². The van der Waals surface area contributed by atoms with E-state index >= 15 is 0 Å². The van der Waals surface area contributed by atoms with Crippen LogP contribution in [-0.4, -0.2) is 4.92 Å². The van der Waals surface area contributed by atoms with Crippen molar-refractivity contribution in [3.8, 4) is 0 Å². The molecule has 0 aliphatic rings. The Kier molecular flexibility index (Phi) is 3.53. The maximum Gasteiger partial charge on any atom is 0.276 e. The third-order valence-electron chi connectivity index (χ3n) is 2.74. The molecule has 0 bridgehead atoms. The number of hydrogen-bond acceptors (Lipinski definition) is 2. The third-order valence-corrected chi connectivity index (χ3v) is 2.74. The highest BCUT2D eigenvalue weighted by atomic mass is 16.6. The van der Waals surface area contributed by atoms with Crippen LogP contribution in [0.1, 0.15) is 16.7 Å². The molecule has 3 heteroatoms. The summed E-state index contributed by atoms with van der Waals surface area (Å²) in [5.41, 5.74) is 2.72. The van der Waals surface area contributed by atoms with Crippen molar-refractivity contribution in [3.63, 3.8) is 0 Å². The lowest BCUT2D eigenvalue weighted by molar-refractivity contribution is -0.385. The predicted molar refractivity (Wildman–Crippen MR) is 73.2 cm³/mol. The number of hydrogen-bond donors (Lipinski definition) is 0. The van der Waals surface area contributed by atoms with Crippen molar-refractivity contribution in [1.29, 1.82) is 0 Å². The second-order valence-electron chi connectivity index (χ2n) is 4.01. The fourth-order valence-corrected chi connectivity index (χ4v) is 1.78. The molecule has 0 saturated carbocycles. The van der Waals surface area contributed by atoms with E-state index in [-0.39, 0.29) is 10.6 Å². The smallest absolute Gasteiger partial charge is 0.258 e. The molecule has 2 aromatic rings. The Morgan fingerprint density at radius 1 is 1.00 bits per heavy atom. The summed E-state index contributed by atoms with van der Waals surface area (Å²) in [6, 6.07) is 14.8. The van der Waals surface area contributed by atoms with E-state index in [1.165, 1.54) is 6.07 Å². The van der Waals surface area contributed by atoms with Crippen LogP contribution >= 0.6 is 0 Å². The lowest BCUT2D eigenvalue weighted by atomic mass is 10.0. The molecule has 0 fully saturated rings.